The van der Waals surface area contributed by atoms with Gasteiger partial charge in [0.2, 0.25) is 0 Å². The van der Waals surface area contributed by atoms with Crippen LogP contribution in [0.4, 0.5) is 11.4 Å². The number of nitrogens with two attached hydrogens (primary N) is 1. The van der Waals surface area contributed by atoms with Gasteiger partial charge in [0, 0.05) is 12.6 Å². The third-order valence-corrected chi connectivity index (χ3v) is 3.67. The molecule has 0 spiro atoms. The van der Waals surface area contributed by atoms with Crippen molar-refractivity contribution in [2.75, 3.05) is 12.8 Å². The molecule has 1 aromatic carbocycles. The number of carboxylic acids is 1. The molecule has 0 aliphatic rings. The zero-order valence-electron chi connectivity index (χ0n) is 10.4. The predicted octanol–water partition coefficient (Wildman–Crippen LogP) is 3.11. The van der Waals surface area contributed by atoms with E-state index in [1.165, 1.54) is 0 Å². The Bertz CT molecular complexity index is 664. The number of hydrogen-bond donors (Lipinski definition) is 2. The summed E-state index contributed by atoms with van der Waals surface area (Å²) < 4.78 is 0. The van der Waals surface area contributed by atoms with Crippen molar-refractivity contribution in [2.24, 2.45) is 10.2 Å². The molecule has 3 N–H and O–H groups in total. The first-order valence-corrected chi connectivity index (χ1v) is 6.25. The van der Waals surface area contributed by atoms with E-state index in [-0.39, 0.29) is 4.88 Å². The van der Waals surface area contributed by atoms with Crippen molar-refractivity contribution in [1.82, 2.24) is 4.98 Å². The van der Waals surface area contributed by atoms with Crippen LogP contribution in [0.1, 0.15) is 15.4 Å². The van der Waals surface area contributed by atoms with Gasteiger partial charge >= 0.3 is 5.97 Å². The summed E-state index contributed by atoms with van der Waals surface area (Å²) in [5.41, 5.74) is 8.01. The fourth-order valence-corrected chi connectivity index (χ4v) is 2.59. The van der Waals surface area contributed by atoms with Crippen LogP contribution in [0, 0.1) is 6.92 Å². The second-order valence-electron chi connectivity index (χ2n) is 3.78. The molecule has 0 saturated heterocycles. The molecule has 1 aromatic heterocycles. The molecule has 0 aliphatic carbocycles. The zero-order valence-corrected chi connectivity index (χ0v) is 11.2. The van der Waals surface area contributed by atoms with Crippen LogP contribution in [0.15, 0.2) is 28.4 Å². The fourth-order valence-electron chi connectivity index (χ4n) is 1.66. The molecule has 6 nitrogen and oxygen atoms in total. The molecule has 2 rings (SSSR count). The normalized spacial score (nSPS) is 11.1. The van der Waals surface area contributed by atoms with Crippen molar-refractivity contribution in [1.29, 1.82) is 0 Å². The van der Waals surface area contributed by atoms with Crippen LogP contribution in [-0.2, 0) is 0 Å². The molecule has 1 heterocycles. The van der Waals surface area contributed by atoms with E-state index >= 15 is 0 Å². The summed E-state index contributed by atoms with van der Waals surface area (Å²) in [5, 5.41) is 17.3. The van der Waals surface area contributed by atoms with Crippen molar-refractivity contribution >= 4 is 28.7 Å². The molecule has 7 heteroatoms. The number of aromatic nitrogens is 1. The van der Waals surface area contributed by atoms with Gasteiger partial charge in [0.15, 0.2) is 0 Å². The molecule has 0 unspecified atom stereocenters. The average molecular weight is 276 g/mol. The minimum atomic E-state index is -0.983. The first-order valence-electron chi connectivity index (χ1n) is 5.44. The Balaban J connectivity index is 2.62. The van der Waals surface area contributed by atoms with Gasteiger partial charge < -0.3 is 10.8 Å². The Hall–Kier alpha value is -2.28. The monoisotopic (exact) mass is 276 g/mol. The SMILES string of the molecule is CN=Nc1c(N)cccc1-c1nc(C)c(C(=O)O)s1. The number of benzene rings is 1. The lowest BCUT2D eigenvalue weighted by atomic mass is 10.1. The minimum Gasteiger partial charge on any atom is -0.477 e. The lowest BCUT2D eigenvalue weighted by Crippen LogP contribution is -1.94. The summed E-state index contributed by atoms with van der Waals surface area (Å²) in [6.07, 6.45) is 0. The molecule has 0 radical (unpaired) electrons. The summed E-state index contributed by atoms with van der Waals surface area (Å²) in [6.45, 7) is 1.66. The van der Waals surface area contributed by atoms with Crippen LogP contribution in [0.25, 0.3) is 10.6 Å². The Morgan fingerprint density at radius 1 is 1.47 bits per heavy atom. The number of nitrogen functional groups attached to an aromatic ring is 1. The van der Waals surface area contributed by atoms with Crippen molar-refractivity contribution < 1.29 is 9.90 Å². The maximum Gasteiger partial charge on any atom is 0.347 e. The summed E-state index contributed by atoms with van der Waals surface area (Å²) in [7, 11) is 1.55. The van der Waals surface area contributed by atoms with Crippen molar-refractivity contribution in [3.05, 3.63) is 28.8 Å². The van der Waals surface area contributed by atoms with Crippen molar-refractivity contribution in [3.8, 4) is 10.6 Å². The van der Waals surface area contributed by atoms with E-state index in [0.29, 0.717) is 27.6 Å². The molecule has 0 fully saturated rings. The van der Waals surface area contributed by atoms with E-state index < -0.39 is 5.97 Å². The number of nitrogens with zero attached hydrogens (tertiary/aromatic N) is 3. The van der Waals surface area contributed by atoms with Crippen LogP contribution in [-0.4, -0.2) is 23.1 Å². The highest BCUT2D eigenvalue weighted by Crippen LogP contribution is 2.38. The number of azo groups is 1. The summed E-state index contributed by atoms with van der Waals surface area (Å²) >= 11 is 1.10. The summed E-state index contributed by atoms with van der Waals surface area (Å²) in [6, 6.07) is 5.28. The molecular formula is C12H12N4O2S. The van der Waals surface area contributed by atoms with E-state index in [4.69, 9.17) is 10.8 Å². The van der Waals surface area contributed by atoms with Gasteiger partial charge in [-0.05, 0) is 19.1 Å². The van der Waals surface area contributed by atoms with Crippen LogP contribution in [0.2, 0.25) is 0 Å². The van der Waals surface area contributed by atoms with Gasteiger partial charge in [0.05, 0.1) is 11.4 Å². The Morgan fingerprint density at radius 3 is 2.79 bits per heavy atom. The molecule has 0 amide bonds. The van der Waals surface area contributed by atoms with E-state index in [1.807, 2.05) is 0 Å². The number of anilines is 1. The molecule has 0 bridgehead atoms. The summed E-state index contributed by atoms with van der Waals surface area (Å²) in [4.78, 5) is 15.5. The Labute approximate surface area is 113 Å². The van der Waals surface area contributed by atoms with Crippen LogP contribution in [0.5, 0.6) is 0 Å². The minimum absolute atomic E-state index is 0.219. The van der Waals surface area contributed by atoms with Crippen LogP contribution < -0.4 is 5.73 Å². The molecule has 0 aliphatic heterocycles. The Morgan fingerprint density at radius 2 is 2.21 bits per heavy atom. The number of carbonyl (C=O) groups is 1. The van der Waals surface area contributed by atoms with E-state index in [9.17, 15) is 4.79 Å². The lowest BCUT2D eigenvalue weighted by Gasteiger charge is -2.04. The van der Waals surface area contributed by atoms with Gasteiger partial charge in [-0.1, -0.05) is 6.07 Å². The molecule has 98 valence electrons. The summed E-state index contributed by atoms with van der Waals surface area (Å²) in [5.74, 6) is -0.983. The third kappa shape index (κ3) is 2.45. The van der Waals surface area contributed by atoms with Crippen molar-refractivity contribution in [3.63, 3.8) is 0 Å². The van der Waals surface area contributed by atoms with E-state index in [0.717, 1.165) is 11.3 Å². The highest BCUT2D eigenvalue weighted by Gasteiger charge is 2.17. The molecule has 0 atom stereocenters. The lowest BCUT2D eigenvalue weighted by molar-refractivity contribution is 0.0701. The number of aryl methyl sites for hydroxylation is 1. The standard InChI is InChI=1S/C12H12N4O2S/c1-6-10(12(17)18)19-11(15-6)7-4-3-5-8(13)9(7)16-14-2/h3-5H,13H2,1-2H3,(H,17,18). The van der Waals surface area contributed by atoms with Gasteiger partial charge in [-0.15, -0.1) is 11.3 Å². The number of thiazole rings is 1. The number of hydrogen-bond acceptors (Lipinski definition) is 6. The smallest absolute Gasteiger partial charge is 0.347 e. The van der Waals surface area contributed by atoms with E-state index in [2.05, 4.69) is 15.2 Å². The fraction of sp³-hybridized carbons (Fsp3) is 0.167. The highest BCUT2D eigenvalue weighted by atomic mass is 32.1. The molecule has 0 saturated carbocycles. The van der Waals surface area contributed by atoms with Gasteiger partial charge in [-0.3, -0.25) is 0 Å². The third-order valence-electron chi connectivity index (χ3n) is 2.49. The maximum atomic E-state index is 11.0. The number of rotatable bonds is 3. The molecule has 19 heavy (non-hydrogen) atoms. The first-order chi connectivity index (χ1) is 9.04. The largest absolute Gasteiger partial charge is 0.477 e. The van der Waals surface area contributed by atoms with E-state index in [1.54, 1.807) is 32.2 Å². The number of aromatic carboxylic acids is 1. The topological polar surface area (TPSA) is 101 Å². The maximum absolute atomic E-state index is 11.0. The zero-order chi connectivity index (χ0) is 14.0. The molecule has 2 aromatic rings. The second-order valence-corrected chi connectivity index (χ2v) is 4.78. The van der Waals surface area contributed by atoms with Crippen molar-refractivity contribution in [2.45, 2.75) is 6.92 Å². The van der Waals surface area contributed by atoms with Crippen LogP contribution >= 0.6 is 11.3 Å². The number of carboxylic acid groups (broad SMARTS) is 1. The second kappa shape index (κ2) is 5.15. The Kier molecular flexibility index (Phi) is 3.57. The molecular weight excluding hydrogens is 264 g/mol. The predicted molar refractivity (Wildman–Crippen MR) is 74.1 cm³/mol. The van der Waals surface area contributed by atoms with Gasteiger partial charge in [-0.25, -0.2) is 9.78 Å². The van der Waals surface area contributed by atoms with Gasteiger partial charge in [-0.2, -0.15) is 10.2 Å². The van der Waals surface area contributed by atoms with Gasteiger partial charge in [0.1, 0.15) is 15.6 Å². The van der Waals surface area contributed by atoms with Gasteiger partial charge in [0.25, 0.3) is 0 Å². The first kappa shape index (κ1) is 13.2. The quantitative estimate of drug-likeness (QED) is 0.664. The average Bonchev–Trinajstić information content (AvgIpc) is 2.74. The highest BCUT2D eigenvalue weighted by molar-refractivity contribution is 7.17. The van der Waals surface area contributed by atoms with Crippen LogP contribution in [0.3, 0.4) is 0 Å².